The van der Waals surface area contributed by atoms with E-state index in [4.69, 9.17) is 4.98 Å². The van der Waals surface area contributed by atoms with Crippen LogP contribution in [0.2, 0.25) is 0 Å². The summed E-state index contributed by atoms with van der Waals surface area (Å²) in [6, 6.07) is 17.4. The average Bonchev–Trinajstić information content (AvgIpc) is 3.42. The van der Waals surface area contributed by atoms with Gasteiger partial charge in [0.1, 0.15) is 9.84 Å². The number of fused-ring (bicyclic) bond motifs is 1. The fourth-order valence-electron chi connectivity index (χ4n) is 3.56. The van der Waals surface area contributed by atoms with E-state index in [1.54, 1.807) is 4.57 Å². The number of anilines is 1. The normalized spacial score (nSPS) is 11.2. The Balaban J connectivity index is 1.38. The van der Waals surface area contributed by atoms with E-state index in [2.05, 4.69) is 14.7 Å². The molecule has 2 aromatic carbocycles. The lowest BCUT2D eigenvalue weighted by atomic mass is 10.2. The van der Waals surface area contributed by atoms with Crippen LogP contribution in [0.4, 0.5) is 5.95 Å². The molecule has 35 heavy (non-hydrogen) atoms. The summed E-state index contributed by atoms with van der Waals surface area (Å²) in [6.45, 7) is 5.95. The first kappa shape index (κ1) is 23.4. The SMILES string of the molecule is Cc1ccc(-c2nc(NC(=O)CSc3nc4sc(C)c(C)c4c(=O)n3-c3ccccc3)ns2)cc1. The van der Waals surface area contributed by atoms with E-state index >= 15 is 0 Å². The maximum atomic E-state index is 13.5. The number of thioether (sulfide) groups is 1. The van der Waals surface area contributed by atoms with Gasteiger partial charge in [0, 0.05) is 10.4 Å². The van der Waals surface area contributed by atoms with Gasteiger partial charge in [-0.2, -0.15) is 9.36 Å². The fourth-order valence-corrected chi connectivity index (χ4v) is 6.07. The molecule has 0 aliphatic heterocycles. The van der Waals surface area contributed by atoms with Crippen LogP contribution in [-0.4, -0.2) is 30.6 Å². The maximum absolute atomic E-state index is 13.5. The molecule has 0 unspecified atom stereocenters. The number of nitrogens with zero attached hydrogens (tertiary/aromatic N) is 4. The van der Waals surface area contributed by atoms with E-state index in [0.717, 1.165) is 26.6 Å². The van der Waals surface area contributed by atoms with Crippen LogP contribution in [0.25, 0.3) is 26.5 Å². The summed E-state index contributed by atoms with van der Waals surface area (Å²) in [4.78, 5) is 37.1. The predicted octanol–water partition coefficient (Wildman–Crippen LogP) is 5.62. The molecule has 0 saturated heterocycles. The lowest BCUT2D eigenvalue weighted by molar-refractivity contribution is -0.113. The third kappa shape index (κ3) is 4.77. The Morgan fingerprint density at radius 2 is 1.77 bits per heavy atom. The van der Waals surface area contributed by atoms with Crippen LogP contribution in [0.15, 0.2) is 64.5 Å². The number of hydrogen-bond acceptors (Lipinski definition) is 8. The molecule has 5 rings (SSSR count). The van der Waals surface area contributed by atoms with Gasteiger partial charge in [-0.15, -0.1) is 11.3 Å². The van der Waals surface area contributed by atoms with Crippen molar-refractivity contribution in [2.45, 2.75) is 25.9 Å². The van der Waals surface area contributed by atoms with Crippen molar-refractivity contribution in [1.29, 1.82) is 0 Å². The summed E-state index contributed by atoms with van der Waals surface area (Å²) < 4.78 is 5.84. The van der Waals surface area contributed by atoms with Gasteiger partial charge in [-0.1, -0.05) is 59.8 Å². The first-order valence-corrected chi connectivity index (χ1v) is 13.4. The van der Waals surface area contributed by atoms with Crippen molar-refractivity contribution in [3.8, 4) is 16.3 Å². The van der Waals surface area contributed by atoms with E-state index in [9.17, 15) is 9.59 Å². The van der Waals surface area contributed by atoms with Crippen molar-refractivity contribution in [2.24, 2.45) is 0 Å². The van der Waals surface area contributed by atoms with Gasteiger partial charge in [-0.05, 0) is 50.0 Å². The van der Waals surface area contributed by atoms with E-state index in [-0.39, 0.29) is 23.2 Å². The number of hydrogen-bond donors (Lipinski definition) is 1. The van der Waals surface area contributed by atoms with Crippen LogP contribution >= 0.6 is 34.6 Å². The standard InChI is InChI=1S/C25H21N5O2S3/c1-14-9-11-17(12-10-14)21-27-24(29-35-21)26-19(31)13-33-25-28-22-20(15(2)16(3)34-22)23(32)30(25)18-7-5-4-6-8-18/h4-12H,13H2,1-3H3,(H,26,29,31). The van der Waals surface area contributed by atoms with E-state index in [1.807, 2.05) is 75.4 Å². The molecule has 1 N–H and O–H groups in total. The van der Waals surface area contributed by atoms with E-state index in [0.29, 0.717) is 21.1 Å². The minimum Gasteiger partial charge on any atom is -0.293 e. The highest BCUT2D eigenvalue weighted by molar-refractivity contribution is 7.99. The molecule has 0 spiro atoms. The third-order valence-electron chi connectivity index (χ3n) is 5.49. The first-order valence-electron chi connectivity index (χ1n) is 10.8. The van der Waals surface area contributed by atoms with Crippen molar-refractivity contribution in [2.75, 3.05) is 11.1 Å². The monoisotopic (exact) mass is 519 g/mol. The Bertz CT molecular complexity index is 1590. The van der Waals surface area contributed by atoms with Crippen LogP contribution in [0, 0.1) is 20.8 Å². The van der Waals surface area contributed by atoms with Crippen LogP contribution in [-0.2, 0) is 4.79 Å². The molecule has 0 aliphatic rings. The van der Waals surface area contributed by atoms with Gasteiger partial charge in [-0.25, -0.2) is 4.98 Å². The van der Waals surface area contributed by atoms with Crippen molar-refractivity contribution >= 4 is 56.7 Å². The minimum atomic E-state index is -0.268. The second-order valence-electron chi connectivity index (χ2n) is 7.96. The Kier molecular flexibility index (Phi) is 6.50. The number of rotatable bonds is 6. The minimum absolute atomic E-state index is 0.0627. The number of aryl methyl sites for hydroxylation is 3. The van der Waals surface area contributed by atoms with Crippen molar-refractivity contribution in [3.05, 3.63) is 81.0 Å². The van der Waals surface area contributed by atoms with Gasteiger partial charge < -0.3 is 0 Å². The zero-order valence-corrected chi connectivity index (χ0v) is 21.7. The smallest absolute Gasteiger partial charge is 0.267 e. The van der Waals surface area contributed by atoms with Gasteiger partial charge >= 0.3 is 0 Å². The average molecular weight is 520 g/mol. The molecule has 0 fully saturated rings. The second kappa shape index (κ2) is 9.73. The van der Waals surface area contributed by atoms with Gasteiger partial charge in [0.2, 0.25) is 11.9 Å². The molecule has 5 aromatic rings. The summed E-state index contributed by atoms with van der Waals surface area (Å²) in [6.07, 6.45) is 0. The van der Waals surface area contributed by atoms with Gasteiger partial charge in [-0.3, -0.25) is 19.5 Å². The summed E-state index contributed by atoms with van der Waals surface area (Å²) in [5.41, 5.74) is 3.64. The molecule has 0 aliphatic carbocycles. The zero-order chi connectivity index (χ0) is 24.5. The summed E-state index contributed by atoms with van der Waals surface area (Å²) in [5, 5.41) is 4.59. The highest BCUT2D eigenvalue weighted by Gasteiger charge is 2.19. The number of nitrogens with one attached hydrogen (secondary N) is 1. The summed E-state index contributed by atoms with van der Waals surface area (Å²) in [5.74, 6) is 0.0630. The fraction of sp³-hybridized carbons (Fsp3) is 0.160. The number of carbonyl (C=O) groups excluding carboxylic acids is 1. The molecule has 0 radical (unpaired) electrons. The van der Waals surface area contributed by atoms with Crippen molar-refractivity contribution < 1.29 is 4.79 Å². The lowest BCUT2D eigenvalue weighted by Gasteiger charge is -2.12. The van der Waals surface area contributed by atoms with E-state index < -0.39 is 0 Å². The Hall–Kier alpha value is -3.34. The van der Waals surface area contributed by atoms with Crippen molar-refractivity contribution in [1.82, 2.24) is 18.9 Å². The quantitative estimate of drug-likeness (QED) is 0.231. The molecule has 3 aromatic heterocycles. The van der Waals surface area contributed by atoms with E-state index in [1.165, 1.54) is 34.6 Å². The molecule has 1 amide bonds. The van der Waals surface area contributed by atoms with Gasteiger partial charge in [0.05, 0.1) is 16.8 Å². The third-order valence-corrected chi connectivity index (χ3v) is 8.30. The largest absolute Gasteiger partial charge is 0.293 e. The summed E-state index contributed by atoms with van der Waals surface area (Å²) in [7, 11) is 0. The molecule has 0 bridgehead atoms. The molecular weight excluding hydrogens is 499 g/mol. The maximum Gasteiger partial charge on any atom is 0.267 e. The summed E-state index contributed by atoms with van der Waals surface area (Å²) >= 11 is 3.94. The second-order valence-corrected chi connectivity index (χ2v) is 10.9. The number of aromatic nitrogens is 4. The molecule has 0 atom stereocenters. The first-order chi connectivity index (χ1) is 16.9. The number of carbonyl (C=O) groups is 1. The molecule has 176 valence electrons. The molecule has 0 saturated carbocycles. The van der Waals surface area contributed by atoms with Crippen LogP contribution in [0.1, 0.15) is 16.0 Å². The predicted molar refractivity (Wildman–Crippen MR) is 144 cm³/mol. The zero-order valence-electron chi connectivity index (χ0n) is 19.2. The van der Waals surface area contributed by atoms with Crippen LogP contribution in [0.5, 0.6) is 0 Å². The van der Waals surface area contributed by atoms with Gasteiger partial charge in [0.25, 0.3) is 5.56 Å². The number of benzene rings is 2. The molecular formula is C25H21N5O2S3. The van der Waals surface area contributed by atoms with Gasteiger partial charge in [0.15, 0.2) is 5.16 Å². The molecule has 7 nitrogen and oxygen atoms in total. The molecule has 10 heteroatoms. The number of amides is 1. The Morgan fingerprint density at radius 1 is 1.03 bits per heavy atom. The van der Waals surface area contributed by atoms with Crippen LogP contribution < -0.4 is 10.9 Å². The highest BCUT2D eigenvalue weighted by atomic mass is 32.2. The number of para-hydroxylation sites is 1. The topological polar surface area (TPSA) is 89.8 Å². The number of thiophene rings is 1. The lowest BCUT2D eigenvalue weighted by Crippen LogP contribution is -2.23. The highest BCUT2D eigenvalue weighted by Crippen LogP contribution is 2.30. The molecule has 3 heterocycles. The Labute approximate surface area is 214 Å². The Morgan fingerprint density at radius 3 is 2.51 bits per heavy atom. The van der Waals surface area contributed by atoms with Crippen LogP contribution in [0.3, 0.4) is 0 Å². The van der Waals surface area contributed by atoms with Crippen molar-refractivity contribution in [3.63, 3.8) is 0 Å².